The molecule has 0 aliphatic heterocycles. The number of allylic oxidation sites excluding steroid dienone is 2. The van der Waals surface area contributed by atoms with Crippen molar-refractivity contribution in [3.8, 4) is 11.5 Å². The normalized spacial score (nSPS) is 13.3. The van der Waals surface area contributed by atoms with Gasteiger partial charge in [0, 0.05) is 36.4 Å². The predicted octanol–water partition coefficient (Wildman–Crippen LogP) is 3.67. The minimum Gasteiger partial charge on any atom is -0.493 e. The van der Waals surface area contributed by atoms with Gasteiger partial charge in [0.05, 0.1) is 30.6 Å². The Balaban J connectivity index is 1.58. The van der Waals surface area contributed by atoms with Crippen molar-refractivity contribution in [1.82, 2.24) is 9.97 Å². The Hall–Kier alpha value is -4.24. The molecule has 1 heterocycles. The van der Waals surface area contributed by atoms with Crippen molar-refractivity contribution in [3.63, 3.8) is 0 Å². The molecule has 0 radical (unpaired) electrons. The van der Waals surface area contributed by atoms with Gasteiger partial charge in [-0.25, -0.2) is 9.97 Å². The van der Waals surface area contributed by atoms with Gasteiger partial charge in [0.1, 0.15) is 18.8 Å². The van der Waals surface area contributed by atoms with E-state index in [0.29, 0.717) is 41.4 Å². The van der Waals surface area contributed by atoms with Gasteiger partial charge in [-0.3, -0.25) is 9.59 Å². The largest absolute Gasteiger partial charge is 0.493 e. The van der Waals surface area contributed by atoms with Gasteiger partial charge >= 0.3 is 0 Å². The highest BCUT2D eigenvalue weighted by molar-refractivity contribution is 6.22. The zero-order valence-corrected chi connectivity index (χ0v) is 19.8. The monoisotopic (exact) mass is 474 g/mol. The number of hydrogen-bond donors (Lipinski definition) is 2. The Labute approximate surface area is 202 Å². The smallest absolute Gasteiger partial charge is 0.204 e. The molecular weight excluding hydrogens is 448 g/mol. The first-order valence-corrected chi connectivity index (χ1v) is 11.1. The molecule has 0 spiro atoms. The van der Waals surface area contributed by atoms with Crippen molar-refractivity contribution in [2.24, 2.45) is 0 Å². The van der Waals surface area contributed by atoms with E-state index in [9.17, 15) is 9.59 Å². The molecule has 0 fully saturated rings. The molecule has 0 saturated heterocycles. The topological polar surface area (TPSA) is 112 Å². The van der Waals surface area contributed by atoms with E-state index in [2.05, 4.69) is 20.6 Å². The highest BCUT2D eigenvalue weighted by atomic mass is 16.5. The van der Waals surface area contributed by atoms with Crippen LogP contribution in [0.25, 0.3) is 10.9 Å². The summed E-state index contributed by atoms with van der Waals surface area (Å²) in [5.74, 6) is 0.690. The standard InChI is InChI=1S/C26H26N4O5/c1-4-16-7-5-6-8-18(16)29-20-12-23(32)21(13-22(20)31)30-26-17-11-24(34-3)25(35-10-9-33-2)14-19(17)27-15-28-26/h5-8,11-15,29H,4,9-10H2,1-3H3,(H,27,28,30). The Bertz CT molecular complexity index is 1330. The maximum absolute atomic E-state index is 12.9. The number of benzene rings is 2. The molecule has 2 aromatic carbocycles. The summed E-state index contributed by atoms with van der Waals surface area (Å²) >= 11 is 0. The summed E-state index contributed by atoms with van der Waals surface area (Å²) in [6.07, 6.45) is 4.73. The van der Waals surface area contributed by atoms with E-state index in [1.807, 2.05) is 31.2 Å². The summed E-state index contributed by atoms with van der Waals surface area (Å²) < 4.78 is 16.2. The summed E-state index contributed by atoms with van der Waals surface area (Å²) in [6.45, 7) is 2.81. The van der Waals surface area contributed by atoms with Crippen LogP contribution >= 0.6 is 0 Å². The molecule has 9 nitrogen and oxygen atoms in total. The van der Waals surface area contributed by atoms with Gasteiger partial charge in [-0.1, -0.05) is 25.1 Å². The number of nitrogens with zero attached hydrogens (tertiary/aromatic N) is 2. The number of carbonyl (C=O) groups is 2. The fourth-order valence-electron chi connectivity index (χ4n) is 3.65. The van der Waals surface area contributed by atoms with E-state index in [-0.39, 0.29) is 23.0 Å². The van der Waals surface area contributed by atoms with Crippen LogP contribution in [-0.4, -0.2) is 49.0 Å². The first kappa shape index (κ1) is 23.9. The quantitative estimate of drug-likeness (QED) is 0.336. The van der Waals surface area contributed by atoms with E-state index >= 15 is 0 Å². The maximum Gasteiger partial charge on any atom is 0.204 e. The number of ketones is 2. The van der Waals surface area contributed by atoms with Gasteiger partial charge in [-0.15, -0.1) is 0 Å². The molecule has 4 rings (SSSR count). The molecule has 180 valence electrons. The summed E-state index contributed by atoms with van der Waals surface area (Å²) in [6, 6.07) is 11.1. The van der Waals surface area contributed by atoms with E-state index in [1.54, 1.807) is 19.2 Å². The number of aryl methyl sites for hydroxylation is 1. The van der Waals surface area contributed by atoms with Gasteiger partial charge in [0.2, 0.25) is 11.6 Å². The molecule has 1 aliphatic rings. The van der Waals surface area contributed by atoms with Gasteiger partial charge in [-0.05, 0) is 24.1 Å². The van der Waals surface area contributed by atoms with Crippen LogP contribution in [0.3, 0.4) is 0 Å². The van der Waals surface area contributed by atoms with Crippen LogP contribution in [0, 0.1) is 0 Å². The van der Waals surface area contributed by atoms with Crippen molar-refractivity contribution < 1.29 is 23.8 Å². The minimum absolute atomic E-state index is 0.115. The third-order valence-electron chi connectivity index (χ3n) is 5.47. The molecule has 1 aromatic heterocycles. The number of hydrogen-bond acceptors (Lipinski definition) is 9. The minimum atomic E-state index is -0.348. The van der Waals surface area contributed by atoms with Crippen molar-refractivity contribution in [2.45, 2.75) is 13.3 Å². The van der Waals surface area contributed by atoms with E-state index in [0.717, 1.165) is 17.7 Å². The second-order valence-electron chi connectivity index (χ2n) is 7.69. The molecule has 1 aliphatic carbocycles. The van der Waals surface area contributed by atoms with Crippen LogP contribution in [0.1, 0.15) is 12.5 Å². The molecule has 0 amide bonds. The first-order chi connectivity index (χ1) is 17.0. The summed E-state index contributed by atoms with van der Waals surface area (Å²) in [5, 5.41) is 6.68. The van der Waals surface area contributed by atoms with E-state index < -0.39 is 0 Å². The number of methoxy groups -OCH3 is 2. The van der Waals surface area contributed by atoms with Gasteiger partial charge < -0.3 is 24.8 Å². The van der Waals surface area contributed by atoms with Crippen molar-refractivity contribution in [3.05, 3.63) is 71.8 Å². The number of fused-ring (bicyclic) bond motifs is 1. The van der Waals surface area contributed by atoms with Gasteiger partial charge in [-0.2, -0.15) is 0 Å². The van der Waals surface area contributed by atoms with Gasteiger partial charge in [0.15, 0.2) is 11.5 Å². The highest BCUT2D eigenvalue weighted by Gasteiger charge is 2.22. The lowest BCUT2D eigenvalue weighted by Crippen LogP contribution is -2.22. The van der Waals surface area contributed by atoms with E-state index in [1.165, 1.54) is 25.6 Å². The summed E-state index contributed by atoms with van der Waals surface area (Å²) in [4.78, 5) is 34.2. The average molecular weight is 475 g/mol. The molecule has 9 heteroatoms. The molecule has 35 heavy (non-hydrogen) atoms. The first-order valence-electron chi connectivity index (χ1n) is 11.1. The number of nitrogens with one attached hydrogen (secondary N) is 2. The second kappa shape index (κ2) is 10.8. The van der Waals surface area contributed by atoms with Crippen LogP contribution in [0.15, 0.2) is 66.3 Å². The van der Waals surface area contributed by atoms with Crippen LogP contribution < -0.4 is 20.1 Å². The molecular formula is C26H26N4O5. The maximum atomic E-state index is 12.9. The Morgan fingerprint density at radius 2 is 1.63 bits per heavy atom. The number of rotatable bonds is 10. The van der Waals surface area contributed by atoms with Crippen LogP contribution in [0.2, 0.25) is 0 Å². The molecule has 0 atom stereocenters. The zero-order valence-electron chi connectivity index (χ0n) is 19.8. The second-order valence-corrected chi connectivity index (χ2v) is 7.69. The van der Waals surface area contributed by atoms with Crippen LogP contribution in [0.4, 0.5) is 11.5 Å². The number of ether oxygens (including phenoxy) is 3. The number of carbonyl (C=O) groups excluding carboxylic acids is 2. The molecule has 0 saturated carbocycles. The molecule has 2 N–H and O–H groups in total. The Morgan fingerprint density at radius 3 is 2.34 bits per heavy atom. The SMILES string of the molecule is CCc1ccccc1NC1=CC(=O)C(Nc2ncnc3cc(OCCOC)c(OC)cc23)=CC1=O. The van der Waals surface area contributed by atoms with Crippen LogP contribution in [-0.2, 0) is 20.7 Å². The zero-order chi connectivity index (χ0) is 24.8. The lowest BCUT2D eigenvalue weighted by Gasteiger charge is -2.17. The van der Waals surface area contributed by atoms with Gasteiger partial charge in [0.25, 0.3) is 0 Å². The molecule has 3 aromatic rings. The lowest BCUT2D eigenvalue weighted by atomic mass is 10.0. The fourth-order valence-corrected chi connectivity index (χ4v) is 3.65. The number of anilines is 2. The third kappa shape index (κ3) is 5.30. The average Bonchev–Trinajstić information content (AvgIpc) is 2.87. The Kier molecular flexibility index (Phi) is 7.37. The van der Waals surface area contributed by atoms with Crippen LogP contribution in [0.5, 0.6) is 11.5 Å². The fraction of sp³-hybridized carbons (Fsp3) is 0.231. The number of aromatic nitrogens is 2. The Morgan fingerprint density at radius 1 is 0.886 bits per heavy atom. The molecule has 0 bridgehead atoms. The number of para-hydroxylation sites is 1. The predicted molar refractivity (Wildman–Crippen MR) is 133 cm³/mol. The third-order valence-corrected chi connectivity index (χ3v) is 5.47. The van der Waals surface area contributed by atoms with Crippen molar-refractivity contribution in [1.29, 1.82) is 0 Å². The van der Waals surface area contributed by atoms with Crippen molar-refractivity contribution in [2.75, 3.05) is 38.1 Å². The highest BCUT2D eigenvalue weighted by Crippen LogP contribution is 2.34. The summed E-state index contributed by atoms with van der Waals surface area (Å²) in [5.41, 5.74) is 2.76. The summed E-state index contributed by atoms with van der Waals surface area (Å²) in [7, 11) is 3.12. The van der Waals surface area contributed by atoms with Crippen molar-refractivity contribution >= 4 is 34.0 Å². The lowest BCUT2D eigenvalue weighted by molar-refractivity contribution is -0.115. The van der Waals surface area contributed by atoms with E-state index in [4.69, 9.17) is 14.2 Å². The molecule has 0 unspecified atom stereocenters.